The normalized spacial score (nSPS) is 23.4. The van der Waals surface area contributed by atoms with Crippen molar-refractivity contribution in [2.24, 2.45) is 0 Å². The molecule has 1 aliphatic rings. The van der Waals surface area contributed by atoms with Crippen molar-refractivity contribution in [3.8, 4) is 0 Å². The molecule has 0 unspecified atom stereocenters. The number of aromatic nitrogens is 2. The highest BCUT2D eigenvalue weighted by atomic mass is 19.1. The number of aromatic amines is 1. The SMILES string of the molecule is CCOC(=O)[C@H]1C[C@@](C(=O)OCC)(n2cc(F)c(=O)[nH]c2=O)ON1C. The van der Waals surface area contributed by atoms with Crippen LogP contribution in [0.5, 0.6) is 0 Å². The molecule has 2 rings (SSSR count). The lowest BCUT2D eigenvalue weighted by Gasteiger charge is -2.27. The van der Waals surface area contributed by atoms with E-state index in [0.717, 1.165) is 5.06 Å². The lowest BCUT2D eigenvalue weighted by Crippen LogP contribution is -2.51. The predicted molar refractivity (Wildman–Crippen MR) is 79.8 cm³/mol. The minimum Gasteiger partial charge on any atom is -0.465 e. The van der Waals surface area contributed by atoms with Gasteiger partial charge >= 0.3 is 17.6 Å². The van der Waals surface area contributed by atoms with Gasteiger partial charge in [0.05, 0.1) is 19.4 Å². The van der Waals surface area contributed by atoms with Crippen LogP contribution in [0, 0.1) is 5.82 Å². The first-order chi connectivity index (χ1) is 11.8. The van der Waals surface area contributed by atoms with Crippen LogP contribution in [0.1, 0.15) is 20.3 Å². The highest BCUT2D eigenvalue weighted by molar-refractivity contribution is 5.81. The zero-order valence-electron chi connectivity index (χ0n) is 13.9. The van der Waals surface area contributed by atoms with Crippen molar-refractivity contribution in [2.75, 3.05) is 20.3 Å². The van der Waals surface area contributed by atoms with Gasteiger partial charge in [0.2, 0.25) is 5.82 Å². The van der Waals surface area contributed by atoms with Crippen molar-refractivity contribution in [3.05, 3.63) is 32.9 Å². The third kappa shape index (κ3) is 3.33. The number of esters is 2. The summed E-state index contributed by atoms with van der Waals surface area (Å²) in [5.74, 6) is -2.99. The summed E-state index contributed by atoms with van der Waals surface area (Å²) < 4.78 is 24.1. The number of carbonyl (C=O) groups is 2. The second-order valence-corrected chi connectivity index (χ2v) is 5.22. The largest absolute Gasteiger partial charge is 0.465 e. The molecule has 0 amide bonds. The molecule has 0 aliphatic carbocycles. The van der Waals surface area contributed by atoms with Crippen LogP contribution in [0.25, 0.3) is 0 Å². The summed E-state index contributed by atoms with van der Waals surface area (Å²) in [6.45, 7) is 3.19. The van der Waals surface area contributed by atoms with Crippen LogP contribution in [0.15, 0.2) is 15.8 Å². The van der Waals surface area contributed by atoms with Gasteiger partial charge in [0.25, 0.3) is 11.3 Å². The molecule has 11 heteroatoms. The molecule has 10 nitrogen and oxygen atoms in total. The van der Waals surface area contributed by atoms with Gasteiger partial charge in [0, 0.05) is 13.5 Å². The summed E-state index contributed by atoms with van der Waals surface area (Å²) in [6, 6.07) is -1.04. The summed E-state index contributed by atoms with van der Waals surface area (Å²) in [4.78, 5) is 55.1. The number of ether oxygens (including phenoxy) is 2. The van der Waals surface area contributed by atoms with Gasteiger partial charge < -0.3 is 9.47 Å². The minimum atomic E-state index is -2.15. The van der Waals surface area contributed by atoms with Crippen molar-refractivity contribution in [3.63, 3.8) is 0 Å². The molecule has 1 aromatic rings. The summed E-state index contributed by atoms with van der Waals surface area (Å²) in [6.07, 6.45) is 0.173. The van der Waals surface area contributed by atoms with Crippen LogP contribution in [0.4, 0.5) is 4.39 Å². The molecule has 1 aliphatic heterocycles. The maximum atomic E-state index is 13.7. The monoisotopic (exact) mass is 359 g/mol. The zero-order chi connectivity index (χ0) is 18.8. The molecular weight excluding hydrogens is 341 g/mol. The highest BCUT2D eigenvalue weighted by Crippen LogP contribution is 2.35. The Bertz CT molecular complexity index is 789. The van der Waals surface area contributed by atoms with Crippen LogP contribution in [0.2, 0.25) is 0 Å². The van der Waals surface area contributed by atoms with Crippen molar-refractivity contribution in [1.29, 1.82) is 0 Å². The zero-order valence-corrected chi connectivity index (χ0v) is 13.9. The van der Waals surface area contributed by atoms with Crippen LogP contribution < -0.4 is 11.2 Å². The van der Waals surface area contributed by atoms with Gasteiger partial charge in [-0.05, 0) is 13.8 Å². The van der Waals surface area contributed by atoms with E-state index in [9.17, 15) is 23.6 Å². The Morgan fingerprint density at radius 3 is 2.60 bits per heavy atom. The second-order valence-electron chi connectivity index (χ2n) is 5.22. The summed E-state index contributed by atoms with van der Waals surface area (Å²) >= 11 is 0. The van der Waals surface area contributed by atoms with Crippen LogP contribution >= 0.6 is 0 Å². The summed E-state index contributed by atoms with van der Waals surface area (Å²) in [5, 5.41) is 1.03. The molecule has 0 bridgehead atoms. The van der Waals surface area contributed by atoms with E-state index in [1.807, 2.05) is 0 Å². The number of hydrogen-bond acceptors (Lipinski definition) is 8. The van der Waals surface area contributed by atoms with Gasteiger partial charge in [-0.2, -0.15) is 9.45 Å². The number of halogens is 1. The Hall–Kier alpha value is -2.53. The minimum absolute atomic E-state index is 0.0433. The standard InChI is InChI=1S/C14H18FN3O7/c1-4-23-11(20)9-6-14(25-17(9)3,12(21)24-5-2)18-7-8(15)10(19)16-13(18)22/h7,9H,4-6H2,1-3H3,(H,16,19,22)/t9-,14-/m1/s1. The topological polar surface area (TPSA) is 120 Å². The maximum absolute atomic E-state index is 13.7. The second kappa shape index (κ2) is 7.15. The molecule has 0 radical (unpaired) electrons. The summed E-state index contributed by atoms with van der Waals surface area (Å²) in [7, 11) is 1.36. The molecule has 1 N–H and O–H groups in total. The Kier molecular flexibility index (Phi) is 5.38. The molecule has 25 heavy (non-hydrogen) atoms. The van der Waals surface area contributed by atoms with Crippen LogP contribution in [0.3, 0.4) is 0 Å². The van der Waals surface area contributed by atoms with E-state index < -0.39 is 40.8 Å². The Labute approximate surface area is 141 Å². The van der Waals surface area contributed by atoms with Crippen molar-refractivity contribution in [2.45, 2.75) is 32.0 Å². The number of hydroxylamine groups is 2. The maximum Gasteiger partial charge on any atom is 0.362 e. The van der Waals surface area contributed by atoms with Crippen molar-refractivity contribution < 1.29 is 28.3 Å². The molecule has 1 saturated heterocycles. The van der Waals surface area contributed by atoms with Crippen molar-refractivity contribution >= 4 is 11.9 Å². The van der Waals surface area contributed by atoms with Crippen LogP contribution in [-0.4, -0.2) is 52.9 Å². The van der Waals surface area contributed by atoms with Gasteiger partial charge in [-0.3, -0.25) is 24.0 Å². The Balaban J connectivity index is 2.57. The first kappa shape index (κ1) is 18.8. The average Bonchev–Trinajstić information content (AvgIpc) is 2.90. The van der Waals surface area contributed by atoms with E-state index in [4.69, 9.17) is 14.3 Å². The molecule has 2 heterocycles. The Morgan fingerprint density at radius 1 is 1.36 bits per heavy atom. The lowest BCUT2D eigenvalue weighted by molar-refractivity contribution is -0.238. The smallest absolute Gasteiger partial charge is 0.362 e. The molecule has 1 aromatic heterocycles. The quantitative estimate of drug-likeness (QED) is 0.671. The highest BCUT2D eigenvalue weighted by Gasteiger charge is 2.56. The number of nitrogens with one attached hydrogen (secondary N) is 1. The number of rotatable bonds is 5. The first-order valence-corrected chi connectivity index (χ1v) is 7.54. The number of hydrogen-bond donors (Lipinski definition) is 1. The molecule has 0 saturated carbocycles. The Morgan fingerprint density at radius 2 is 2.00 bits per heavy atom. The fourth-order valence-electron chi connectivity index (χ4n) is 2.52. The number of nitrogens with zero attached hydrogens (tertiary/aromatic N) is 2. The number of carbonyl (C=O) groups excluding carboxylic acids is 2. The van der Waals surface area contributed by atoms with Gasteiger partial charge in [-0.25, -0.2) is 9.59 Å². The van der Waals surface area contributed by atoms with E-state index in [-0.39, 0.29) is 19.6 Å². The van der Waals surface area contributed by atoms with E-state index in [2.05, 4.69) is 0 Å². The molecular formula is C14H18FN3O7. The average molecular weight is 359 g/mol. The van der Waals surface area contributed by atoms with E-state index in [0.29, 0.717) is 10.8 Å². The lowest BCUT2D eigenvalue weighted by atomic mass is 10.0. The third-order valence-corrected chi connectivity index (χ3v) is 3.64. The third-order valence-electron chi connectivity index (χ3n) is 3.64. The fraction of sp³-hybridized carbons (Fsp3) is 0.571. The van der Waals surface area contributed by atoms with Gasteiger partial charge in [0.15, 0.2) is 0 Å². The van der Waals surface area contributed by atoms with Gasteiger partial charge in [-0.1, -0.05) is 0 Å². The van der Waals surface area contributed by atoms with Crippen LogP contribution in [-0.2, 0) is 29.6 Å². The molecule has 1 fully saturated rings. The fourth-order valence-corrected chi connectivity index (χ4v) is 2.52. The van der Waals surface area contributed by atoms with Gasteiger partial charge in [-0.15, -0.1) is 0 Å². The van der Waals surface area contributed by atoms with E-state index >= 15 is 0 Å². The molecule has 138 valence electrons. The number of likely N-dealkylation sites (N-methyl/N-ethyl adjacent to an activating group) is 1. The van der Waals surface area contributed by atoms with Gasteiger partial charge in [0.1, 0.15) is 6.04 Å². The van der Waals surface area contributed by atoms with E-state index in [1.165, 1.54) is 14.0 Å². The molecule has 2 atom stereocenters. The predicted octanol–water partition coefficient (Wildman–Crippen LogP) is -0.910. The number of H-pyrrole nitrogens is 1. The van der Waals surface area contributed by atoms with Crippen molar-refractivity contribution in [1.82, 2.24) is 14.6 Å². The molecule has 0 aromatic carbocycles. The van der Waals surface area contributed by atoms with E-state index in [1.54, 1.807) is 11.9 Å². The summed E-state index contributed by atoms with van der Waals surface area (Å²) in [5.41, 5.74) is -4.48. The first-order valence-electron chi connectivity index (χ1n) is 7.54. The molecule has 0 spiro atoms.